The van der Waals surface area contributed by atoms with Gasteiger partial charge in [0.15, 0.2) is 6.61 Å². The molecule has 1 fully saturated rings. The first kappa shape index (κ1) is 22.2. The summed E-state index contributed by atoms with van der Waals surface area (Å²) in [4.78, 5) is 43.4. The zero-order valence-corrected chi connectivity index (χ0v) is 19.8. The molecule has 170 valence electrons. The number of likely N-dealkylation sites (tertiary alicyclic amines) is 1. The molecule has 5 rings (SSSR count). The molecule has 7 nitrogen and oxygen atoms in total. The Balaban J connectivity index is 1.63. The number of carboxylic acid groups (broad SMARTS) is 1. The molecule has 4 heterocycles. The Labute approximate surface area is 202 Å². The van der Waals surface area contributed by atoms with Crippen LogP contribution in [0.4, 0.5) is 0 Å². The van der Waals surface area contributed by atoms with E-state index in [-0.39, 0.29) is 31.2 Å². The molecule has 2 aromatic heterocycles. The van der Waals surface area contributed by atoms with Crippen LogP contribution in [0.1, 0.15) is 29.0 Å². The van der Waals surface area contributed by atoms with E-state index in [4.69, 9.17) is 26.4 Å². The quantitative estimate of drug-likeness (QED) is 0.495. The lowest BCUT2D eigenvalue weighted by Crippen LogP contribution is -2.29. The second kappa shape index (κ2) is 8.96. The molecule has 3 aromatic rings. The number of aliphatic carboxylic acids is 1. The molecular weight excluding hydrogens is 484 g/mol. The Hall–Kier alpha value is -2.62. The highest BCUT2D eigenvalue weighted by atomic mass is 35.5. The minimum Gasteiger partial charge on any atom is -0.482 e. The zero-order chi connectivity index (χ0) is 23.1. The van der Waals surface area contributed by atoms with Gasteiger partial charge in [-0.15, -0.1) is 11.3 Å². The summed E-state index contributed by atoms with van der Waals surface area (Å²) in [7, 11) is 0. The van der Waals surface area contributed by atoms with Crippen molar-refractivity contribution in [1.82, 2.24) is 9.88 Å². The highest BCUT2D eigenvalue weighted by Gasteiger charge is 2.31. The van der Waals surface area contributed by atoms with E-state index < -0.39 is 12.6 Å². The maximum absolute atomic E-state index is 12.2. The van der Waals surface area contributed by atoms with Gasteiger partial charge in [0.05, 0.1) is 17.3 Å². The van der Waals surface area contributed by atoms with Gasteiger partial charge in [0.2, 0.25) is 11.8 Å². The van der Waals surface area contributed by atoms with Gasteiger partial charge in [-0.05, 0) is 35.4 Å². The Bertz CT molecular complexity index is 1270. The average molecular weight is 503 g/mol. The van der Waals surface area contributed by atoms with E-state index in [1.54, 1.807) is 23.5 Å². The largest absolute Gasteiger partial charge is 0.482 e. The normalized spacial score (nSPS) is 15.8. The lowest BCUT2D eigenvalue weighted by molar-refractivity contribution is -0.140. The number of thiophene rings is 1. The van der Waals surface area contributed by atoms with Crippen molar-refractivity contribution >= 4 is 62.7 Å². The Morgan fingerprint density at radius 3 is 2.58 bits per heavy atom. The monoisotopic (exact) mass is 502 g/mol. The highest BCUT2D eigenvalue weighted by Crippen LogP contribution is 2.45. The number of fused-ring (bicyclic) bond motifs is 3. The lowest BCUT2D eigenvalue weighted by atomic mass is 9.97. The zero-order valence-electron chi connectivity index (χ0n) is 17.4. The van der Waals surface area contributed by atoms with Gasteiger partial charge in [-0.25, -0.2) is 9.78 Å². The standard InChI is InChI=1S/C23H19ClN2O5S2/c24-22-15(9-26-17(27)5-6-18(26)28)25-23-21(14-7-8-32-11-16(14)33-23)20(22)12-1-3-13(4-2-12)31-10-19(29)30/h1-4H,5-11H2,(H,29,30). The Morgan fingerprint density at radius 2 is 1.88 bits per heavy atom. The van der Waals surface area contributed by atoms with Crippen molar-refractivity contribution in [2.45, 2.75) is 31.6 Å². The number of pyridine rings is 1. The third kappa shape index (κ3) is 4.20. The minimum absolute atomic E-state index is 0.0521. The van der Waals surface area contributed by atoms with Gasteiger partial charge in [0, 0.05) is 34.4 Å². The molecule has 0 spiro atoms. The van der Waals surface area contributed by atoms with Gasteiger partial charge in [-0.3, -0.25) is 14.5 Å². The SMILES string of the molecule is O=C(O)COc1ccc(-c2c(Cl)c(CN3C(=O)CCC3=O)nc3sc4c(c23)CCSC4)cc1. The Kier molecular flexibility index (Phi) is 6.03. The van der Waals surface area contributed by atoms with Crippen LogP contribution < -0.4 is 4.74 Å². The summed E-state index contributed by atoms with van der Waals surface area (Å²) < 4.78 is 5.26. The number of carbonyl (C=O) groups is 3. The van der Waals surface area contributed by atoms with Crippen LogP contribution in [0.3, 0.4) is 0 Å². The van der Waals surface area contributed by atoms with E-state index in [1.807, 2.05) is 23.9 Å². The van der Waals surface area contributed by atoms with Gasteiger partial charge < -0.3 is 9.84 Å². The van der Waals surface area contributed by atoms with Crippen molar-refractivity contribution in [2.24, 2.45) is 0 Å². The molecule has 1 saturated heterocycles. The van der Waals surface area contributed by atoms with Crippen LogP contribution >= 0.6 is 34.7 Å². The number of halogens is 1. The molecule has 2 amide bonds. The molecule has 2 aliphatic rings. The first-order chi connectivity index (χ1) is 15.9. The van der Waals surface area contributed by atoms with Crippen molar-refractivity contribution < 1.29 is 24.2 Å². The van der Waals surface area contributed by atoms with Crippen LogP contribution in [0.2, 0.25) is 5.02 Å². The second-order valence-corrected chi connectivity index (χ2v) is 10.4. The molecule has 2 aliphatic heterocycles. The molecule has 0 saturated carbocycles. The van der Waals surface area contributed by atoms with E-state index in [9.17, 15) is 14.4 Å². The van der Waals surface area contributed by atoms with Gasteiger partial charge in [-0.2, -0.15) is 11.8 Å². The summed E-state index contributed by atoms with van der Waals surface area (Å²) in [5, 5.41) is 10.3. The van der Waals surface area contributed by atoms with Gasteiger partial charge >= 0.3 is 5.97 Å². The molecule has 10 heteroatoms. The van der Waals surface area contributed by atoms with Crippen LogP contribution in [0, 0.1) is 0 Å². The number of nitrogens with zero attached hydrogens (tertiary/aromatic N) is 2. The van der Waals surface area contributed by atoms with E-state index in [2.05, 4.69) is 0 Å². The number of imide groups is 1. The number of hydrogen-bond donors (Lipinski definition) is 1. The fourth-order valence-electron chi connectivity index (χ4n) is 4.17. The highest BCUT2D eigenvalue weighted by molar-refractivity contribution is 7.98. The van der Waals surface area contributed by atoms with Crippen LogP contribution in [0.15, 0.2) is 24.3 Å². The third-order valence-electron chi connectivity index (χ3n) is 5.73. The van der Waals surface area contributed by atoms with Crippen molar-refractivity contribution in [3.63, 3.8) is 0 Å². The number of amides is 2. The Morgan fingerprint density at radius 1 is 1.15 bits per heavy atom. The predicted octanol–water partition coefficient (Wildman–Crippen LogP) is 4.52. The topological polar surface area (TPSA) is 96.8 Å². The summed E-state index contributed by atoms with van der Waals surface area (Å²) in [5.74, 6) is 0.934. The van der Waals surface area contributed by atoms with Crippen LogP contribution in [0.5, 0.6) is 5.75 Å². The van der Waals surface area contributed by atoms with E-state index in [0.717, 1.165) is 39.3 Å². The number of hydrogen-bond acceptors (Lipinski definition) is 7. The van der Waals surface area contributed by atoms with Crippen molar-refractivity contribution in [3.8, 4) is 16.9 Å². The van der Waals surface area contributed by atoms with Crippen LogP contribution in [0.25, 0.3) is 21.3 Å². The molecule has 1 aromatic carbocycles. The molecule has 0 unspecified atom stereocenters. The number of carbonyl (C=O) groups excluding carboxylic acids is 2. The number of aromatic nitrogens is 1. The molecule has 33 heavy (non-hydrogen) atoms. The van der Waals surface area contributed by atoms with Crippen LogP contribution in [-0.2, 0) is 33.1 Å². The molecule has 0 atom stereocenters. The second-order valence-electron chi connectivity index (χ2n) is 7.81. The van der Waals surface area contributed by atoms with Crippen molar-refractivity contribution in [1.29, 1.82) is 0 Å². The molecule has 0 bridgehead atoms. The van der Waals surface area contributed by atoms with Crippen LogP contribution in [-0.4, -0.2) is 45.1 Å². The minimum atomic E-state index is -1.05. The number of rotatable bonds is 6. The molecule has 0 aliphatic carbocycles. The maximum atomic E-state index is 12.2. The average Bonchev–Trinajstić information content (AvgIpc) is 3.33. The fraction of sp³-hybridized carbons (Fsp3) is 0.304. The summed E-state index contributed by atoms with van der Waals surface area (Å²) in [6.45, 7) is -0.367. The number of thioether (sulfide) groups is 1. The van der Waals surface area contributed by atoms with E-state index in [0.29, 0.717) is 16.5 Å². The van der Waals surface area contributed by atoms with Gasteiger partial charge in [-0.1, -0.05) is 23.7 Å². The first-order valence-electron chi connectivity index (χ1n) is 10.4. The smallest absolute Gasteiger partial charge is 0.341 e. The van der Waals surface area contributed by atoms with Gasteiger partial charge in [0.1, 0.15) is 10.6 Å². The lowest BCUT2D eigenvalue weighted by Gasteiger charge is -2.18. The predicted molar refractivity (Wildman–Crippen MR) is 128 cm³/mol. The fourth-order valence-corrected chi connectivity index (χ4v) is 6.86. The number of carboxylic acids is 1. The number of aryl methyl sites for hydroxylation is 1. The summed E-state index contributed by atoms with van der Waals surface area (Å²) in [6, 6.07) is 7.11. The van der Waals surface area contributed by atoms with Gasteiger partial charge in [0.25, 0.3) is 0 Å². The molecular formula is C23H19ClN2O5S2. The molecule has 0 radical (unpaired) electrons. The summed E-state index contributed by atoms with van der Waals surface area (Å²) >= 11 is 10.4. The van der Waals surface area contributed by atoms with Crippen molar-refractivity contribution in [3.05, 3.63) is 45.4 Å². The maximum Gasteiger partial charge on any atom is 0.341 e. The number of ether oxygens (including phenoxy) is 1. The van der Waals surface area contributed by atoms with E-state index >= 15 is 0 Å². The third-order valence-corrected chi connectivity index (χ3v) is 8.43. The first-order valence-corrected chi connectivity index (χ1v) is 12.8. The number of benzene rings is 1. The van der Waals surface area contributed by atoms with E-state index in [1.165, 1.54) is 15.3 Å². The molecule has 1 N–H and O–H groups in total. The van der Waals surface area contributed by atoms with Crippen molar-refractivity contribution in [2.75, 3.05) is 12.4 Å². The summed E-state index contributed by atoms with van der Waals surface area (Å²) in [6.07, 6.45) is 1.36. The summed E-state index contributed by atoms with van der Waals surface area (Å²) in [5.41, 5.74) is 3.42.